The van der Waals surface area contributed by atoms with Gasteiger partial charge in [0.05, 0.1) is 5.92 Å². The lowest BCUT2D eigenvalue weighted by Crippen LogP contribution is -2.40. The van der Waals surface area contributed by atoms with Crippen molar-refractivity contribution in [2.75, 3.05) is 19.7 Å². The topological polar surface area (TPSA) is 63.7 Å². The number of Topliss-reactive ketones (excluding diaryl/α,β-unsaturated/α-hetero) is 1. The molecule has 1 aliphatic heterocycles. The molecule has 29 heavy (non-hydrogen) atoms. The molecule has 0 saturated carbocycles. The SMILES string of the molecule is CCc1ccc(C(=O)COC(=O)C2CCN(C(=O)c3ccc(F)cc3)CC2)cc1. The van der Waals surface area contributed by atoms with Crippen LogP contribution in [0.3, 0.4) is 0 Å². The summed E-state index contributed by atoms with van der Waals surface area (Å²) in [7, 11) is 0. The van der Waals surface area contributed by atoms with E-state index in [0.29, 0.717) is 37.1 Å². The molecule has 0 aliphatic carbocycles. The predicted molar refractivity (Wildman–Crippen MR) is 106 cm³/mol. The third kappa shape index (κ3) is 5.28. The number of hydrogen-bond donors (Lipinski definition) is 0. The number of likely N-dealkylation sites (tertiary alicyclic amines) is 1. The van der Waals surface area contributed by atoms with Crippen LogP contribution in [-0.4, -0.2) is 42.3 Å². The first-order chi connectivity index (χ1) is 14.0. The monoisotopic (exact) mass is 397 g/mol. The van der Waals surface area contributed by atoms with E-state index in [4.69, 9.17) is 4.74 Å². The highest BCUT2D eigenvalue weighted by molar-refractivity contribution is 5.98. The number of ketones is 1. The fourth-order valence-corrected chi connectivity index (χ4v) is 3.36. The highest BCUT2D eigenvalue weighted by Crippen LogP contribution is 2.21. The molecule has 1 saturated heterocycles. The van der Waals surface area contributed by atoms with Crippen LogP contribution in [0.15, 0.2) is 48.5 Å². The summed E-state index contributed by atoms with van der Waals surface area (Å²) >= 11 is 0. The molecule has 0 atom stereocenters. The average molecular weight is 397 g/mol. The Kier molecular flexibility index (Phi) is 6.75. The first-order valence-corrected chi connectivity index (χ1v) is 9.81. The van der Waals surface area contributed by atoms with Crippen molar-refractivity contribution in [3.63, 3.8) is 0 Å². The van der Waals surface area contributed by atoms with E-state index in [-0.39, 0.29) is 30.0 Å². The van der Waals surface area contributed by atoms with Gasteiger partial charge < -0.3 is 9.64 Å². The molecule has 1 fully saturated rings. The summed E-state index contributed by atoms with van der Waals surface area (Å²) in [5.74, 6) is -1.54. The Bertz CT molecular complexity index is 869. The minimum absolute atomic E-state index is 0.178. The molecule has 0 unspecified atom stereocenters. The lowest BCUT2D eigenvalue weighted by molar-refractivity contribution is -0.148. The van der Waals surface area contributed by atoms with Gasteiger partial charge in [0.2, 0.25) is 0 Å². The van der Waals surface area contributed by atoms with Crippen LogP contribution >= 0.6 is 0 Å². The highest BCUT2D eigenvalue weighted by Gasteiger charge is 2.29. The molecule has 0 N–H and O–H groups in total. The van der Waals surface area contributed by atoms with Crippen LogP contribution in [0.4, 0.5) is 4.39 Å². The molecule has 2 aromatic carbocycles. The number of hydrogen-bond acceptors (Lipinski definition) is 4. The van der Waals surface area contributed by atoms with Gasteiger partial charge in [-0.25, -0.2) is 4.39 Å². The van der Waals surface area contributed by atoms with E-state index >= 15 is 0 Å². The third-order valence-corrected chi connectivity index (χ3v) is 5.24. The number of ether oxygens (including phenoxy) is 1. The van der Waals surface area contributed by atoms with Gasteiger partial charge in [-0.2, -0.15) is 0 Å². The van der Waals surface area contributed by atoms with Crippen molar-refractivity contribution < 1.29 is 23.5 Å². The molecule has 3 rings (SSSR count). The maximum atomic E-state index is 13.0. The second kappa shape index (κ2) is 9.45. The highest BCUT2D eigenvalue weighted by atomic mass is 19.1. The van der Waals surface area contributed by atoms with E-state index in [1.807, 2.05) is 19.1 Å². The number of nitrogens with zero attached hydrogens (tertiary/aromatic N) is 1. The Morgan fingerprint density at radius 2 is 1.55 bits per heavy atom. The number of carbonyl (C=O) groups excluding carboxylic acids is 3. The van der Waals surface area contributed by atoms with Crippen LogP contribution in [0.1, 0.15) is 46.0 Å². The number of rotatable bonds is 6. The van der Waals surface area contributed by atoms with E-state index in [0.717, 1.165) is 12.0 Å². The zero-order valence-electron chi connectivity index (χ0n) is 16.4. The summed E-state index contributed by atoms with van der Waals surface area (Å²) in [5, 5.41) is 0. The Morgan fingerprint density at radius 3 is 2.14 bits per heavy atom. The van der Waals surface area contributed by atoms with Crippen molar-refractivity contribution in [1.29, 1.82) is 0 Å². The third-order valence-electron chi connectivity index (χ3n) is 5.24. The van der Waals surface area contributed by atoms with Crippen molar-refractivity contribution in [1.82, 2.24) is 4.90 Å². The van der Waals surface area contributed by atoms with Gasteiger partial charge in [-0.15, -0.1) is 0 Å². The minimum Gasteiger partial charge on any atom is -0.457 e. The molecule has 0 radical (unpaired) electrons. The standard InChI is InChI=1S/C23H24FNO4/c1-2-16-3-5-17(6-4-16)21(26)15-29-23(28)19-11-13-25(14-12-19)22(27)18-7-9-20(24)10-8-18/h3-10,19H,2,11-15H2,1H3. The zero-order chi connectivity index (χ0) is 20.8. The molecule has 0 aromatic heterocycles. The molecule has 2 aromatic rings. The zero-order valence-corrected chi connectivity index (χ0v) is 16.4. The number of halogens is 1. The second-order valence-electron chi connectivity index (χ2n) is 7.15. The van der Waals surface area contributed by atoms with Gasteiger partial charge in [0, 0.05) is 24.2 Å². The summed E-state index contributed by atoms with van der Waals surface area (Å²) in [5.41, 5.74) is 2.09. The van der Waals surface area contributed by atoms with Crippen LogP contribution in [-0.2, 0) is 16.0 Å². The van der Waals surface area contributed by atoms with Gasteiger partial charge in [-0.05, 0) is 49.1 Å². The van der Waals surface area contributed by atoms with Gasteiger partial charge in [0.15, 0.2) is 12.4 Å². The van der Waals surface area contributed by atoms with Crippen molar-refractivity contribution in [2.24, 2.45) is 5.92 Å². The largest absolute Gasteiger partial charge is 0.457 e. The molecule has 152 valence electrons. The molecule has 1 amide bonds. The molecule has 6 heteroatoms. The van der Waals surface area contributed by atoms with Gasteiger partial charge in [0.25, 0.3) is 5.91 Å². The van der Waals surface area contributed by atoms with E-state index in [1.165, 1.54) is 24.3 Å². The Balaban J connectivity index is 1.46. The smallest absolute Gasteiger partial charge is 0.309 e. The van der Waals surface area contributed by atoms with E-state index in [9.17, 15) is 18.8 Å². The number of carbonyl (C=O) groups is 3. The fraction of sp³-hybridized carbons (Fsp3) is 0.348. The number of amides is 1. The van der Waals surface area contributed by atoms with Crippen molar-refractivity contribution >= 4 is 17.7 Å². The molecule has 1 aliphatic rings. The molecular formula is C23H24FNO4. The van der Waals surface area contributed by atoms with Crippen LogP contribution < -0.4 is 0 Å². The van der Waals surface area contributed by atoms with Crippen molar-refractivity contribution in [2.45, 2.75) is 26.2 Å². The van der Waals surface area contributed by atoms with Crippen LogP contribution in [0, 0.1) is 11.7 Å². The second-order valence-corrected chi connectivity index (χ2v) is 7.15. The summed E-state index contributed by atoms with van der Waals surface area (Å²) in [6.07, 6.45) is 1.85. The van der Waals surface area contributed by atoms with E-state index in [2.05, 4.69) is 0 Å². The number of esters is 1. The van der Waals surface area contributed by atoms with E-state index in [1.54, 1.807) is 17.0 Å². The van der Waals surface area contributed by atoms with Gasteiger partial charge in [0.1, 0.15) is 5.82 Å². The maximum absolute atomic E-state index is 13.0. The Morgan fingerprint density at radius 1 is 0.966 bits per heavy atom. The lowest BCUT2D eigenvalue weighted by atomic mass is 9.96. The summed E-state index contributed by atoms with van der Waals surface area (Å²) in [6, 6.07) is 12.7. The number of aryl methyl sites for hydroxylation is 1. The van der Waals surface area contributed by atoms with E-state index < -0.39 is 5.97 Å². The van der Waals surface area contributed by atoms with Gasteiger partial charge in [-0.1, -0.05) is 31.2 Å². The minimum atomic E-state index is -0.405. The molecule has 0 spiro atoms. The van der Waals surface area contributed by atoms with Gasteiger partial charge in [-0.3, -0.25) is 14.4 Å². The number of benzene rings is 2. The first kappa shape index (κ1) is 20.7. The van der Waals surface area contributed by atoms with Gasteiger partial charge >= 0.3 is 5.97 Å². The average Bonchev–Trinajstić information content (AvgIpc) is 2.77. The van der Waals surface area contributed by atoms with Crippen molar-refractivity contribution in [3.05, 3.63) is 71.0 Å². The quantitative estimate of drug-likeness (QED) is 0.551. The predicted octanol–water partition coefficient (Wildman–Crippen LogP) is 3.67. The fourth-order valence-electron chi connectivity index (χ4n) is 3.36. The van der Waals surface area contributed by atoms with Crippen molar-refractivity contribution in [3.8, 4) is 0 Å². The summed E-state index contributed by atoms with van der Waals surface area (Å²) in [6.45, 7) is 2.60. The van der Waals surface area contributed by atoms with Crippen LogP contribution in [0.2, 0.25) is 0 Å². The number of piperidine rings is 1. The normalized spacial score (nSPS) is 14.5. The summed E-state index contributed by atoms with van der Waals surface area (Å²) < 4.78 is 18.2. The first-order valence-electron chi connectivity index (χ1n) is 9.81. The maximum Gasteiger partial charge on any atom is 0.309 e. The van der Waals surface area contributed by atoms with Crippen LogP contribution in [0.5, 0.6) is 0 Å². The van der Waals surface area contributed by atoms with Crippen LogP contribution in [0.25, 0.3) is 0 Å². The Hall–Kier alpha value is -3.02. The lowest BCUT2D eigenvalue weighted by Gasteiger charge is -2.31. The molecule has 1 heterocycles. The molecule has 0 bridgehead atoms. The molecule has 5 nitrogen and oxygen atoms in total. The molecular weight excluding hydrogens is 373 g/mol. The Labute approximate surface area is 169 Å². The summed E-state index contributed by atoms with van der Waals surface area (Å²) in [4.78, 5) is 38.6.